The zero-order chi connectivity index (χ0) is 17.8. The summed E-state index contributed by atoms with van der Waals surface area (Å²) in [5.41, 5.74) is 4.64. The molecule has 0 spiro atoms. The lowest BCUT2D eigenvalue weighted by atomic mass is 9.99. The quantitative estimate of drug-likeness (QED) is 0.509. The van der Waals surface area contributed by atoms with Gasteiger partial charge in [0.15, 0.2) is 0 Å². The van der Waals surface area contributed by atoms with Crippen LogP contribution in [-0.2, 0) is 11.2 Å². The Morgan fingerprint density at radius 3 is 2.60 bits per heavy atom. The van der Waals surface area contributed by atoms with E-state index in [-0.39, 0.29) is 5.82 Å². The van der Waals surface area contributed by atoms with Crippen molar-refractivity contribution in [3.8, 4) is 5.75 Å². The van der Waals surface area contributed by atoms with Crippen LogP contribution in [0.25, 0.3) is 17.0 Å². The Hall–Kier alpha value is -3.01. The van der Waals surface area contributed by atoms with Crippen LogP contribution in [0, 0.1) is 12.7 Å². The average molecular weight is 335 g/mol. The van der Waals surface area contributed by atoms with Crippen molar-refractivity contribution in [2.75, 3.05) is 7.11 Å². The van der Waals surface area contributed by atoms with Crippen LogP contribution in [0.3, 0.4) is 0 Å². The molecule has 0 atom stereocenters. The molecule has 0 radical (unpaired) electrons. The fourth-order valence-corrected chi connectivity index (χ4v) is 2.95. The Morgan fingerprint density at radius 1 is 1.16 bits per heavy atom. The molecule has 3 aromatic rings. The molecule has 0 bridgehead atoms. The number of fused-ring (bicyclic) bond motifs is 1. The molecule has 0 amide bonds. The number of carbonyl (C=O) groups is 1. The molecule has 0 unspecified atom stereocenters. The molecule has 0 aliphatic rings. The van der Waals surface area contributed by atoms with Crippen LogP contribution in [0.15, 0.2) is 48.7 Å². The van der Waals surface area contributed by atoms with Crippen LogP contribution < -0.4 is 4.74 Å². The summed E-state index contributed by atoms with van der Waals surface area (Å²) in [6.07, 6.45) is 6.44. The molecular weight excluding hydrogens is 317 g/mol. The monoisotopic (exact) mass is 335 g/mol. The first-order valence-electron chi connectivity index (χ1n) is 7.95. The summed E-state index contributed by atoms with van der Waals surface area (Å²) < 4.78 is 18.6. The SMILES string of the molecule is COc1c(C)cc(/C=C/C=O)c2cc(Cc3ccc(F)cc3)cnc12. The van der Waals surface area contributed by atoms with Crippen LogP contribution in [0.2, 0.25) is 0 Å². The molecule has 0 saturated carbocycles. The van der Waals surface area contributed by atoms with Crippen LogP contribution >= 0.6 is 0 Å². The van der Waals surface area contributed by atoms with Crippen LogP contribution in [0.1, 0.15) is 22.3 Å². The minimum absolute atomic E-state index is 0.248. The number of pyridine rings is 1. The van der Waals surface area contributed by atoms with Gasteiger partial charge >= 0.3 is 0 Å². The van der Waals surface area contributed by atoms with E-state index in [2.05, 4.69) is 4.98 Å². The normalized spacial score (nSPS) is 11.2. The lowest BCUT2D eigenvalue weighted by Crippen LogP contribution is -1.96. The summed E-state index contributed by atoms with van der Waals surface area (Å²) in [6.45, 7) is 1.95. The van der Waals surface area contributed by atoms with Crippen LogP contribution in [0.5, 0.6) is 5.75 Å². The molecule has 1 aromatic heterocycles. The van der Waals surface area contributed by atoms with Crippen molar-refractivity contribution < 1.29 is 13.9 Å². The van der Waals surface area contributed by atoms with Gasteiger partial charge in [0.05, 0.1) is 7.11 Å². The van der Waals surface area contributed by atoms with Crippen molar-refractivity contribution in [2.45, 2.75) is 13.3 Å². The number of rotatable bonds is 5. The molecule has 0 fully saturated rings. The maximum absolute atomic E-state index is 13.1. The van der Waals surface area contributed by atoms with Gasteiger partial charge < -0.3 is 4.74 Å². The van der Waals surface area contributed by atoms with Crippen molar-refractivity contribution in [2.24, 2.45) is 0 Å². The summed E-state index contributed by atoms with van der Waals surface area (Å²) >= 11 is 0. The molecule has 126 valence electrons. The fourth-order valence-electron chi connectivity index (χ4n) is 2.95. The Labute approximate surface area is 145 Å². The minimum atomic E-state index is -0.248. The Kier molecular flexibility index (Phi) is 4.89. The van der Waals surface area contributed by atoms with Gasteiger partial charge in [-0.2, -0.15) is 0 Å². The number of hydrogen-bond donors (Lipinski definition) is 0. The van der Waals surface area contributed by atoms with E-state index < -0.39 is 0 Å². The number of hydrogen-bond acceptors (Lipinski definition) is 3. The van der Waals surface area contributed by atoms with E-state index in [0.717, 1.165) is 45.2 Å². The molecule has 3 nitrogen and oxygen atoms in total. The van der Waals surface area contributed by atoms with Gasteiger partial charge in [0.1, 0.15) is 23.4 Å². The van der Waals surface area contributed by atoms with Crippen LogP contribution in [0.4, 0.5) is 4.39 Å². The molecule has 25 heavy (non-hydrogen) atoms. The smallest absolute Gasteiger partial charge is 0.148 e. The van der Waals surface area contributed by atoms with E-state index in [1.165, 1.54) is 18.2 Å². The number of carbonyl (C=O) groups excluding carboxylic acids is 1. The third kappa shape index (κ3) is 3.58. The highest BCUT2D eigenvalue weighted by atomic mass is 19.1. The molecule has 0 aliphatic carbocycles. The van der Waals surface area contributed by atoms with Gasteiger partial charge in [0.25, 0.3) is 0 Å². The van der Waals surface area contributed by atoms with Crippen molar-refractivity contribution in [3.63, 3.8) is 0 Å². The molecule has 0 aliphatic heterocycles. The molecule has 1 heterocycles. The second-order valence-electron chi connectivity index (χ2n) is 5.85. The number of aldehydes is 1. The van der Waals surface area contributed by atoms with E-state index in [4.69, 9.17) is 4.74 Å². The number of aromatic nitrogens is 1. The molecule has 0 saturated heterocycles. The van der Waals surface area contributed by atoms with E-state index in [0.29, 0.717) is 6.42 Å². The van der Waals surface area contributed by atoms with E-state index in [1.54, 1.807) is 31.5 Å². The number of nitrogens with zero attached hydrogens (tertiary/aromatic N) is 1. The second-order valence-corrected chi connectivity index (χ2v) is 5.85. The number of aryl methyl sites for hydroxylation is 1. The standard InChI is InChI=1S/C21H18FNO2/c1-14-10-17(4-3-9-24)19-12-16(13-23-20(19)21(14)25-2)11-15-5-7-18(22)8-6-15/h3-10,12-13H,11H2,1-2H3/b4-3+. The third-order valence-corrected chi connectivity index (χ3v) is 4.08. The Bertz CT molecular complexity index is 946. The highest BCUT2D eigenvalue weighted by molar-refractivity contribution is 5.95. The summed E-state index contributed by atoms with van der Waals surface area (Å²) in [5, 5.41) is 0.917. The fraction of sp³-hybridized carbons (Fsp3) is 0.143. The van der Waals surface area contributed by atoms with E-state index in [9.17, 15) is 9.18 Å². The minimum Gasteiger partial charge on any atom is -0.494 e. The van der Waals surface area contributed by atoms with Gasteiger partial charge in [-0.3, -0.25) is 9.78 Å². The van der Waals surface area contributed by atoms with Crippen molar-refractivity contribution in [3.05, 3.63) is 76.7 Å². The van der Waals surface area contributed by atoms with Gasteiger partial charge in [-0.25, -0.2) is 4.39 Å². The zero-order valence-corrected chi connectivity index (χ0v) is 14.1. The first kappa shape index (κ1) is 16.8. The molecule has 2 aromatic carbocycles. The maximum Gasteiger partial charge on any atom is 0.148 e. The predicted molar refractivity (Wildman–Crippen MR) is 97.3 cm³/mol. The van der Waals surface area contributed by atoms with Gasteiger partial charge in [0.2, 0.25) is 0 Å². The summed E-state index contributed by atoms with van der Waals surface area (Å²) in [6, 6.07) is 10.5. The Balaban J connectivity index is 2.10. The summed E-state index contributed by atoms with van der Waals surface area (Å²) in [5.74, 6) is 0.480. The van der Waals surface area contributed by atoms with Crippen molar-refractivity contribution in [1.82, 2.24) is 4.98 Å². The van der Waals surface area contributed by atoms with Gasteiger partial charge in [0, 0.05) is 11.6 Å². The molecule has 0 N–H and O–H groups in total. The maximum atomic E-state index is 13.1. The average Bonchev–Trinajstić information content (AvgIpc) is 2.62. The van der Waals surface area contributed by atoms with E-state index in [1.807, 2.05) is 19.1 Å². The van der Waals surface area contributed by atoms with Gasteiger partial charge in [-0.05, 0) is 65.9 Å². The van der Waals surface area contributed by atoms with Crippen molar-refractivity contribution >= 4 is 23.3 Å². The van der Waals surface area contributed by atoms with E-state index >= 15 is 0 Å². The number of ether oxygens (including phenoxy) is 1. The first-order valence-corrected chi connectivity index (χ1v) is 7.95. The lowest BCUT2D eigenvalue weighted by Gasteiger charge is -2.12. The Morgan fingerprint density at radius 2 is 1.92 bits per heavy atom. The number of allylic oxidation sites excluding steroid dienone is 1. The summed E-state index contributed by atoms with van der Waals surface area (Å²) in [7, 11) is 1.62. The van der Waals surface area contributed by atoms with Gasteiger partial charge in [-0.15, -0.1) is 0 Å². The predicted octanol–water partition coefficient (Wildman–Crippen LogP) is 4.49. The molecule has 3 rings (SSSR count). The summed E-state index contributed by atoms with van der Waals surface area (Å²) in [4.78, 5) is 15.3. The number of methoxy groups -OCH3 is 1. The highest BCUT2D eigenvalue weighted by Gasteiger charge is 2.11. The molecule has 4 heteroatoms. The lowest BCUT2D eigenvalue weighted by molar-refractivity contribution is -0.104. The second kappa shape index (κ2) is 7.26. The number of benzene rings is 2. The zero-order valence-electron chi connectivity index (χ0n) is 14.1. The number of halogens is 1. The van der Waals surface area contributed by atoms with Gasteiger partial charge in [-0.1, -0.05) is 18.2 Å². The first-order chi connectivity index (χ1) is 12.1. The topological polar surface area (TPSA) is 39.2 Å². The third-order valence-electron chi connectivity index (χ3n) is 4.08. The molecular formula is C21H18FNO2. The largest absolute Gasteiger partial charge is 0.494 e. The highest BCUT2D eigenvalue weighted by Crippen LogP contribution is 2.32. The van der Waals surface area contributed by atoms with Crippen LogP contribution in [-0.4, -0.2) is 18.4 Å². The van der Waals surface area contributed by atoms with Crippen molar-refractivity contribution in [1.29, 1.82) is 0 Å².